The number of rotatable bonds is 4. The number of anilines is 1. The smallest absolute Gasteiger partial charge is 0.270 e. The van der Waals surface area contributed by atoms with Crippen molar-refractivity contribution in [3.8, 4) is 0 Å². The molecule has 2 rings (SSSR count). The largest absolute Gasteiger partial charge is 0.320 e. The van der Waals surface area contributed by atoms with Gasteiger partial charge in [-0.1, -0.05) is 41.4 Å². The third kappa shape index (κ3) is 4.07. The number of nitrogens with one attached hydrogen (secondary N) is 1. The van der Waals surface area contributed by atoms with Crippen LogP contribution in [0.3, 0.4) is 0 Å². The maximum atomic E-state index is 11.9. The van der Waals surface area contributed by atoms with E-state index in [1.165, 1.54) is 24.3 Å². The molecule has 2 aromatic rings. The minimum atomic E-state index is -0.499. The molecule has 112 valence electrons. The maximum absolute atomic E-state index is 11.9. The number of para-hydroxylation sites is 1. The lowest BCUT2D eigenvalue weighted by molar-refractivity contribution is -0.384. The molecule has 0 bridgehead atoms. The van der Waals surface area contributed by atoms with Crippen LogP contribution >= 0.6 is 23.2 Å². The third-order valence-corrected chi connectivity index (χ3v) is 3.35. The molecule has 0 aliphatic carbocycles. The van der Waals surface area contributed by atoms with Crippen LogP contribution in [0.5, 0.6) is 0 Å². The Morgan fingerprint density at radius 3 is 2.41 bits per heavy atom. The molecule has 0 fully saturated rings. The molecule has 0 spiro atoms. The van der Waals surface area contributed by atoms with Crippen molar-refractivity contribution in [3.05, 3.63) is 74.3 Å². The van der Waals surface area contributed by atoms with Crippen molar-refractivity contribution in [2.24, 2.45) is 0 Å². The average Bonchev–Trinajstić information content (AvgIpc) is 2.49. The van der Waals surface area contributed by atoms with E-state index < -0.39 is 10.8 Å². The molecule has 7 heteroatoms. The number of non-ortho nitro benzene ring substituents is 1. The predicted octanol–water partition coefficient (Wildman–Crippen LogP) is 4.55. The first-order chi connectivity index (χ1) is 10.5. The van der Waals surface area contributed by atoms with E-state index in [4.69, 9.17) is 23.2 Å². The highest BCUT2D eigenvalue weighted by Gasteiger charge is 2.08. The summed E-state index contributed by atoms with van der Waals surface area (Å²) in [7, 11) is 0. The highest BCUT2D eigenvalue weighted by atomic mass is 35.5. The van der Waals surface area contributed by atoms with E-state index in [1.54, 1.807) is 30.3 Å². The fraction of sp³-hybridized carbons (Fsp3) is 0. The van der Waals surface area contributed by atoms with Crippen LogP contribution in [0.15, 0.2) is 48.5 Å². The van der Waals surface area contributed by atoms with Gasteiger partial charge in [-0.2, -0.15) is 0 Å². The molecule has 0 atom stereocenters. The van der Waals surface area contributed by atoms with E-state index in [0.717, 1.165) is 0 Å². The summed E-state index contributed by atoms with van der Waals surface area (Å²) in [6.07, 6.45) is 2.71. The van der Waals surface area contributed by atoms with Gasteiger partial charge in [0.05, 0.1) is 20.7 Å². The van der Waals surface area contributed by atoms with Crippen LogP contribution in [0, 0.1) is 10.1 Å². The number of nitro benzene ring substituents is 1. The molecule has 0 aliphatic rings. The van der Waals surface area contributed by atoms with E-state index in [1.807, 2.05) is 0 Å². The van der Waals surface area contributed by atoms with Gasteiger partial charge in [0.2, 0.25) is 5.91 Å². The predicted molar refractivity (Wildman–Crippen MR) is 87.2 cm³/mol. The van der Waals surface area contributed by atoms with Crippen molar-refractivity contribution in [2.75, 3.05) is 5.32 Å². The molecule has 0 aromatic heterocycles. The number of halogens is 2. The van der Waals surface area contributed by atoms with Crippen LogP contribution in [0.2, 0.25) is 10.0 Å². The molecular weight excluding hydrogens is 327 g/mol. The summed E-state index contributed by atoms with van der Waals surface area (Å²) in [6, 6.07) is 10.8. The molecule has 0 aliphatic heterocycles. The first-order valence-electron chi connectivity index (χ1n) is 6.15. The second-order valence-corrected chi connectivity index (χ2v) is 5.09. The SMILES string of the molecule is O=C(C=Cc1cccc([N+](=O)[O-])c1)Nc1c(Cl)cccc1Cl. The Labute approximate surface area is 136 Å². The zero-order valence-corrected chi connectivity index (χ0v) is 12.6. The van der Waals surface area contributed by atoms with Gasteiger partial charge in [0.25, 0.3) is 5.69 Å². The van der Waals surface area contributed by atoms with E-state index >= 15 is 0 Å². The molecular formula is C15H10Cl2N2O3. The molecule has 0 heterocycles. The summed E-state index contributed by atoms with van der Waals surface area (Å²) in [4.78, 5) is 22.0. The van der Waals surface area contributed by atoms with Gasteiger partial charge in [-0.05, 0) is 23.8 Å². The minimum absolute atomic E-state index is 0.0447. The molecule has 0 saturated heterocycles. The Morgan fingerprint density at radius 2 is 1.77 bits per heavy atom. The molecule has 1 amide bonds. The van der Waals surface area contributed by atoms with Gasteiger partial charge in [-0.15, -0.1) is 0 Å². The van der Waals surface area contributed by atoms with Crippen LogP contribution < -0.4 is 5.32 Å². The standard InChI is InChI=1S/C15H10Cl2N2O3/c16-12-5-2-6-13(17)15(12)18-14(20)8-7-10-3-1-4-11(9-10)19(21)22/h1-9H,(H,18,20). The zero-order chi connectivity index (χ0) is 16.1. The van der Waals surface area contributed by atoms with Gasteiger partial charge in [0.15, 0.2) is 0 Å². The number of nitro groups is 1. The Morgan fingerprint density at radius 1 is 1.14 bits per heavy atom. The van der Waals surface area contributed by atoms with Gasteiger partial charge >= 0.3 is 0 Å². The average molecular weight is 337 g/mol. The van der Waals surface area contributed by atoms with Crippen molar-refractivity contribution in [2.45, 2.75) is 0 Å². The van der Waals surface area contributed by atoms with Crippen LogP contribution in [0.4, 0.5) is 11.4 Å². The molecule has 0 unspecified atom stereocenters. The van der Waals surface area contributed by atoms with E-state index in [9.17, 15) is 14.9 Å². The number of carbonyl (C=O) groups excluding carboxylic acids is 1. The van der Waals surface area contributed by atoms with Gasteiger partial charge < -0.3 is 5.32 Å². The zero-order valence-electron chi connectivity index (χ0n) is 11.1. The van der Waals surface area contributed by atoms with Crippen molar-refractivity contribution in [3.63, 3.8) is 0 Å². The number of benzene rings is 2. The van der Waals surface area contributed by atoms with Crippen molar-refractivity contribution < 1.29 is 9.72 Å². The second kappa shape index (κ2) is 7.06. The highest BCUT2D eigenvalue weighted by molar-refractivity contribution is 6.39. The van der Waals surface area contributed by atoms with Gasteiger partial charge in [-0.25, -0.2) is 0 Å². The highest BCUT2D eigenvalue weighted by Crippen LogP contribution is 2.29. The van der Waals surface area contributed by atoms with Crippen molar-refractivity contribution in [1.82, 2.24) is 0 Å². The van der Waals surface area contributed by atoms with E-state index in [0.29, 0.717) is 21.3 Å². The fourth-order valence-electron chi connectivity index (χ4n) is 1.70. The molecule has 0 radical (unpaired) electrons. The summed E-state index contributed by atoms with van der Waals surface area (Å²) in [6.45, 7) is 0. The first-order valence-corrected chi connectivity index (χ1v) is 6.90. The Hall–Kier alpha value is -2.37. The lowest BCUT2D eigenvalue weighted by atomic mass is 10.2. The third-order valence-electron chi connectivity index (χ3n) is 2.72. The van der Waals surface area contributed by atoms with Gasteiger partial charge in [0.1, 0.15) is 0 Å². The number of carbonyl (C=O) groups is 1. The van der Waals surface area contributed by atoms with E-state index in [-0.39, 0.29) is 5.69 Å². The molecule has 1 N–H and O–H groups in total. The Bertz CT molecular complexity index is 740. The molecule has 5 nitrogen and oxygen atoms in total. The number of amides is 1. The number of hydrogen-bond acceptors (Lipinski definition) is 3. The normalized spacial score (nSPS) is 10.6. The summed E-state index contributed by atoms with van der Waals surface area (Å²) in [5.74, 6) is -0.443. The quantitative estimate of drug-likeness (QED) is 0.505. The Balaban J connectivity index is 2.12. The summed E-state index contributed by atoms with van der Waals surface area (Å²) in [5, 5.41) is 13.9. The molecule has 0 saturated carbocycles. The lowest BCUT2D eigenvalue weighted by Gasteiger charge is -2.06. The van der Waals surface area contributed by atoms with Crippen molar-refractivity contribution in [1.29, 1.82) is 0 Å². The van der Waals surface area contributed by atoms with Crippen LogP contribution in [-0.4, -0.2) is 10.8 Å². The molecule has 2 aromatic carbocycles. The monoisotopic (exact) mass is 336 g/mol. The van der Waals surface area contributed by atoms with Crippen molar-refractivity contribution >= 4 is 46.6 Å². The minimum Gasteiger partial charge on any atom is -0.320 e. The number of hydrogen-bond donors (Lipinski definition) is 1. The fourth-order valence-corrected chi connectivity index (χ4v) is 2.19. The van der Waals surface area contributed by atoms with Crippen LogP contribution in [-0.2, 0) is 4.79 Å². The van der Waals surface area contributed by atoms with E-state index in [2.05, 4.69) is 5.32 Å². The summed E-state index contributed by atoms with van der Waals surface area (Å²) >= 11 is 11.9. The number of nitrogens with zero attached hydrogens (tertiary/aromatic N) is 1. The first kappa shape index (κ1) is 16.0. The van der Waals surface area contributed by atoms with Gasteiger partial charge in [-0.3, -0.25) is 14.9 Å². The van der Waals surface area contributed by atoms with Gasteiger partial charge in [0, 0.05) is 18.2 Å². The Kier molecular flexibility index (Phi) is 5.14. The maximum Gasteiger partial charge on any atom is 0.270 e. The summed E-state index contributed by atoms with van der Waals surface area (Å²) < 4.78 is 0. The van der Waals surface area contributed by atoms with Crippen LogP contribution in [0.25, 0.3) is 6.08 Å². The lowest BCUT2D eigenvalue weighted by Crippen LogP contribution is -2.08. The summed E-state index contributed by atoms with van der Waals surface area (Å²) in [5.41, 5.74) is 0.811. The second-order valence-electron chi connectivity index (χ2n) is 4.27. The molecule has 22 heavy (non-hydrogen) atoms. The van der Waals surface area contributed by atoms with Crippen LogP contribution in [0.1, 0.15) is 5.56 Å². The topological polar surface area (TPSA) is 72.2 Å².